The minimum absolute atomic E-state index is 0.411. The first kappa shape index (κ1) is 14.2. The van der Waals surface area contributed by atoms with E-state index in [2.05, 4.69) is 6.92 Å². The number of rotatable bonds is 8. The van der Waals surface area contributed by atoms with Gasteiger partial charge in [0, 0.05) is 5.56 Å². The van der Waals surface area contributed by atoms with Crippen LogP contribution in [0.5, 0.6) is 0 Å². The molecule has 0 aromatic heterocycles. The van der Waals surface area contributed by atoms with Crippen molar-refractivity contribution >= 4 is 17.5 Å². The third-order valence-electron chi connectivity index (χ3n) is 2.53. The van der Waals surface area contributed by atoms with Gasteiger partial charge in [-0.25, -0.2) is 4.39 Å². The van der Waals surface area contributed by atoms with Crippen LogP contribution >= 0.6 is 11.8 Å². The van der Waals surface area contributed by atoms with Crippen LogP contribution in [0.25, 0.3) is 0 Å². The number of unbranched alkanes of at least 4 members (excludes halogenated alkanes) is 3. The van der Waals surface area contributed by atoms with Crippen LogP contribution in [0.15, 0.2) is 30.3 Å². The minimum Gasteiger partial charge on any atom is -0.290 e. The molecule has 0 aliphatic carbocycles. The summed E-state index contributed by atoms with van der Waals surface area (Å²) in [5, 5.41) is 0. The van der Waals surface area contributed by atoms with E-state index in [-0.39, 0.29) is 0 Å². The minimum atomic E-state index is -1.42. The van der Waals surface area contributed by atoms with E-state index in [0.717, 1.165) is 30.4 Å². The van der Waals surface area contributed by atoms with Crippen LogP contribution in [-0.4, -0.2) is 17.0 Å². The Hall–Kier alpha value is -0.830. The van der Waals surface area contributed by atoms with Crippen molar-refractivity contribution in [2.24, 2.45) is 0 Å². The second-order valence-corrected chi connectivity index (χ2v) is 5.13. The van der Waals surface area contributed by atoms with E-state index in [9.17, 15) is 9.18 Å². The van der Waals surface area contributed by atoms with Gasteiger partial charge in [-0.3, -0.25) is 4.79 Å². The van der Waals surface area contributed by atoms with Gasteiger partial charge in [-0.2, -0.15) is 0 Å². The van der Waals surface area contributed by atoms with Gasteiger partial charge in [-0.15, -0.1) is 11.8 Å². The summed E-state index contributed by atoms with van der Waals surface area (Å²) in [5.74, 6) is 0.311. The molecular formula is C14H19FOS. The maximum absolute atomic E-state index is 13.6. The fourth-order valence-electron chi connectivity index (χ4n) is 1.52. The summed E-state index contributed by atoms with van der Waals surface area (Å²) in [7, 11) is 0. The summed E-state index contributed by atoms with van der Waals surface area (Å²) >= 11 is 1.11. The zero-order valence-electron chi connectivity index (χ0n) is 10.2. The Morgan fingerprint density at radius 2 is 1.94 bits per heavy atom. The zero-order chi connectivity index (χ0) is 12.5. The summed E-state index contributed by atoms with van der Waals surface area (Å²) < 4.78 is 13.6. The average Bonchev–Trinajstić information content (AvgIpc) is 2.38. The highest BCUT2D eigenvalue weighted by molar-refractivity contribution is 8.00. The smallest absolute Gasteiger partial charge is 0.208 e. The van der Waals surface area contributed by atoms with E-state index in [1.54, 1.807) is 24.3 Å². The molecule has 3 heteroatoms. The number of ketones is 1. The molecule has 0 aliphatic rings. The number of carbonyl (C=O) groups excluding carboxylic acids is 1. The molecule has 1 rings (SSSR count). The lowest BCUT2D eigenvalue weighted by Crippen LogP contribution is -2.12. The first-order valence-electron chi connectivity index (χ1n) is 6.10. The second-order valence-electron chi connectivity index (χ2n) is 3.98. The molecule has 1 aromatic rings. The SMILES string of the molecule is CCCCCCSC(F)C(=O)c1ccccc1. The predicted octanol–water partition coefficient (Wildman–Crippen LogP) is 4.48. The third-order valence-corrected chi connectivity index (χ3v) is 3.56. The topological polar surface area (TPSA) is 17.1 Å². The number of hydrogen-bond acceptors (Lipinski definition) is 2. The van der Waals surface area contributed by atoms with Crippen molar-refractivity contribution in [3.05, 3.63) is 35.9 Å². The summed E-state index contributed by atoms with van der Waals surface area (Å²) in [6, 6.07) is 8.65. The van der Waals surface area contributed by atoms with Gasteiger partial charge in [0.05, 0.1) is 0 Å². The van der Waals surface area contributed by atoms with Crippen LogP contribution in [0.3, 0.4) is 0 Å². The van der Waals surface area contributed by atoms with E-state index < -0.39 is 11.3 Å². The van der Waals surface area contributed by atoms with Gasteiger partial charge < -0.3 is 0 Å². The molecule has 0 saturated carbocycles. The van der Waals surface area contributed by atoms with E-state index in [0.29, 0.717) is 5.56 Å². The highest BCUT2D eigenvalue weighted by Gasteiger charge is 2.18. The van der Waals surface area contributed by atoms with Crippen LogP contribution in [0, 0.1) is 0 Å². The summed E-state index contributed by atoms with van der Waals surface area (Å²) in [6.45, 7) is 2.14. The highest BCUT2D eigenvalue weighted by atomic mass is 32.2. The molecule has 1 atom stereocenters. The molecular weight excluding hydrogens is 235 g/mol. The number of thioether (sulfide) groups is 1. The van der Waals surface area contributed by atoms with Crippen molar-refractivity contribution in [2.75, 3.05) is 5.75 Å². The van der Waals surface area contributed by atoms with Gasteiger partial charge in [0.15, 0.2) is 0 Å². The van der Waals surface area contributed by atoms with Crippen LogP contribution in [0.1, 0.15) is 43.0 Å². The molecule has 0 saturated heterocycles. The average molecular weight is 254 g/mol. The lowest BCUT2D eigenvalue weighted by molar-refractivity contribution is 0.0939. The quantitative estimate of drug-likeness (QED) is 0.502. The van der Waals surface area contributed by atoms with Crippen molar-refractivity contribution in [1.29, 1.82) is 0 Å². The number of benzene rings is 1. The monoisotopic (exact) mass is 254 g/mol. The second kappa shape index (κ2) is 8.29. The molecule has 0 aliphatic heterocycles. The number of halogens is 1. The molecule has 1 nitrogen and oxygen atoms in total. The Bertz CT molecular complexity index is 326. The molecule has 0 radical (unpaired) electrons. The van der Waals surface area contributed by atoms with Gasteiger partial charge in [-0.1, -0.05) is 56.5 Å². The molecule has 94 valence electrons. The third kappa shape index (κ3) is 5.35. The first-order valence-corrected chi connectivity index (χ1v) is 7.15. The first-order chi connectivity index (χ1) is 8.25. The van der Waals surface area contributed by atoms with Gasteiger partial charge in [0.2, 0.25) is 11.3 Å². The molecule has 0 heterocycles. The van der Waals surface area contributed by atoms with Gasteiger partial charge in [0.1, 0.15) is 0 Å². The Kier molecular flexibility index (Phi) is 6.94. The molecule has 1 aromatic carbocycles. The van der Waals surface area contributed by atoms with E-state index in [1.165, 1.54) is 12.8 Å². The fraction of sp³-hybridized carbons (Fsp3) is 0.500. The van der Waals surface area contributed by atoms with Gasteiger partial charge >= 0.3 is 0 Å². The standard InChI is InChI=1S/C14H19FOS/c1-2-3-4-8-11-17-14(15)13(16)12-9-6-5-7-10-12/h5-7,9-10,14H,2-4,8,11H2,1H3. The normalized spacial score (nSPS) is 12.4. The molecule has 0 N–H and O–H groups in total. The Morgan fingerprint density at radius 1 is 1.24 bits per heavy atom. The van der Waals surface area contributed by atoms with Crippen molar-refractivity contribution in [2.45, 2.75) is 38.1 Å². The van der Waals surface area contributed by atoms with Gasteiger partial charge in [-0.05, 0) is 12.2 Å². The zero-order valence-corrected chi connectivity index (χ0v) is 11.0. The Balaban J connectivity index is 2.28. The fourth-order valence-corrected chi connectivity index (χ4v) is 2.39. The maximum Gasteiger partial charge on any atom is 0.208 e. The van der Waals surface area contributed by atoms with Crippen molar-refractivity contribution < 1.29 is 9.18 Å². The molecule has 1 unspecified atom stereocenters. The number of hydrogen-bond donors (Lipinski definition) is 0. The molecule has 17 heavy (non-hydrogen) atoms. The van der Waals surface area contributed by atoms with Crippen LogP contribution in [0.4, 0.5) is 4.39 Å². The largest absolute Gasteiger partial charge is 0.290 e. The summed E-state index contributed by atoms with van der Waals surface area (Å²) in [6.07, 6.45) is 4.47. The van der Waals surface area contributed by atoms with Crippen molar-refractivity contribution in [1.82, 2.24) is 0 Å². The molecule has 0 fully saturated rings. The number of alkyl halides is 1. The number of Topliss-reactive ketones (excluding diaryl/α,β-unsaturated/α-hetero) is 1. The summed E-state index contributed by atoms with van der Waals surface area (Å²) in [4.78, 5) is 11.7. The van der Waals surface area contributed by atoms with E-state index >= 15 is 0 Å². The van der Waals surface area contributed by atoms with Crippen molar-refractivity contribution in [3.8, 4) is 0 Å². The summed E-state index contributed by atoms with van der Waals surface area (Å²) in [5.41, 5.74) is -0.958. The lowest BCUT2D eigenvalue weighted by atomic mass is 10.1. The van der Waals surface area contributed by atoms with E-state index in [1.807, 2.05) is 6.07 Å². The van der Waals surface area contributed by atoms with Crippen LogP contribution in [-0.2, 0) is 0 Å². The lowest BCUT2D eigenvalue weighted by Gasteiger charge is -2.06. The number of carbonyl (C=O) groups is 1. The molecule has 0 spiro atoms. The van der Waals surface area contributed by atoms with Crippen LogP contribution < -0.4 is 0 Å². The van der Waals surface area contributed by atoms with Crippen LogP contribution in [0.2, 0.25) is 0 Å². The maximum atomic E-state index is 13.6. The Morgan fingerprint density at radius 3 is 2.59 bits per heavy atom. The highest BCUT2D eigenvalue weighted by Crippen LogP contribution is 2.19. The molecule has 0 bridgehead atoms. The predicted molar refractivity (Wildman–Crippen MR) is 72.3 cm³/mol. The van der Waals surface area contributed by atoms with Crippen molar-refractivity contribution in [3.63, 3.8) is 0 Å². The Labute approximate surface area is 107 Å². The van der Waals surface area contributed by atoms with E-state index in [4.69, 9.17) is 0 Å². The molecule has 0 amide bonds. The van der Waals surface area contributed by atoms with Gasteiger partial charge in [0.25, 0.3) is 0 Å².